The molecule has 22 heavy (non-hydrogen) atoms. The molecule has 1 aromatic rings. The lowest BCUT2D eigenvalue weighted by Gasteiger charge is -2.19. The van der Waals surface area contributed by atoms with E-state index >= 15 is 0 Å². The van der Waals surface area contributed by atoms with E-state index in [4.69, 9.17) is 5.11 Å². The summed E-state index contributed by atoms with van der Waals surface area (Å²) in [6.45, 7) is 4.31. The molecular weight excluding hydrogens is 284 g/mol. The van der Waals surface area contributed by atoms with Gasteiger partial charge in [-0.25, -0.2) is 0 Å². The Bertz CT molecular complexity index is 563. The molecule has 6 nitrogen and oxygen atoms in total. The molecule has 6 heteroatoms. The van der Waals surface area contributed by atoms with Gasteiger partial charge >= 0.3 is 5.97 Å². The molecule has 1 aliphatic heterocycles. The maximum Gasteiger partial charge on any atom is 0.320 e. The van der Waals surface area contributed by atoms with Crippen molar-refractivity contribution in [2.75, 3.05) is 13.1 Å². The number of fused-ring (bicyclic) bond motifs is 1. The number of imide groups is 1. The molecule has 0 aliphatic carbocycles. The molecule has 0 bridgehead atoms. The van der Waals surface area contributed by atoms with Crippen molar-refractivity contribution in [3.05, 3.63) is 35.4 Å². The summed E-state index contributed by atoms with van der Waals surface area (Å²) in [5.74, 6) is -1.32. The van der Waals surface area contributed by atoms with E-state index in [2.05, 4.69) is 5.32 Å². The van der Waals surface area contributed by atoms with E-state index in [0.717, 1.165) is 4.90 Å². The van der Waals surface area contributed by atoms with Crippen molar-refractivity contribution >= 4 is 17.8 Å². The molecule has 2 rings (SSSR count). The number of carboxylic acid groups (broad SMARTS) is 1. The summed E-state index contributed by atoms with van der Waals surface area (Å²) in [6.07, 6.45) is 0.497. The van der Waals surface area contributed by atoms with E-state index in [1.165, 1.54) is 0 Å². The van der Waals surface area contributed by atoms with Crippen molar-refractivity contribution in [3.63, 3.8) is 0 Å². The van der Waals surface area contributed by atoms with E-state index in [9.17, 15) is 14.4 Å². The number of rotatable bonds is 7. The van der Waals surface area contributed by atoms with Gasteiger partial charge in [0.25, 0.3) is 11.8 Å². The molecule has 1 unspecified atom stereocenters. The van der Waals surface area contributed by atoms with Crippen LogP contribution in [0.1, 0.15) is 41.0 Å². The van der Waals surface area contributed by atoms with Gasteiger partial charge in [-0.05, 0) is 24.5 Å². The van der Waals surface area contributed by atoms with Crippen LogP contribution in [0.3, 0.4) is 0 Å². The number of nitrogens with one attached hydrogen (secondary N) is 1. The van der Waals surface area contributed by atoms with Crippen LogP contribution in [-0.2, 0) is 4.79 Å². The third-order valence-electron chi connectivity index (χ3n) is 3.61. The van der Waals surface area contributed by atoms with Crippen molar-refractivity contribution in [2.45, 2.75) is 26.3 Å². The van der Waals surface area contributed by atoms with Crippen LogP contribution in [0.25, 0.3) is 0 Å². The highest BCUT2D eigenvalue weighted by Gasteiger charge is 2.34. The van der Waals surface area contributed by atoms with E-state index in [-0.39, 0.29) is 30.8 Å². The van der Waals surface area contributed by atoms with E-state index in [0.29, 0.717) is 17.5 Å². The number of carbonyl (C=O) groups is 3. The summed E-state index contributed by atoms with van der Waals surface area (Å²) < 4.78 is 0. The standard InChI is InChI=1S/C16H20N2O4/c1-10(2)9-13(16(21)22)17-7-8-18-14(19)11-5-3-4-6-12(11)15(18)20/h3-6,10,13,17H,7-9H2,1-2H3,(H,21,22). The second kappa shape index (κ2) is 6.70. The summed E-state index contributed by atoms with van der Waals surface area (Å²) in [7, 11) is 0. The molecule has 1 aromatic carbocycles. The van der Waals surface area contributed by atoms with Crippen LogP contribution in [-0.4, -0.2) is 46.9 Å². The highest BCUT2D eigenvalue weighted by molar-refractivity contribution is 6.21. The van der Waals surface area contributed by atoms with E-state index in [1.54, 1.807) is 24.3 Å². The number of aliphatic carboxylic acids is 1. The predicted molar refractivity (Wildman–Crippen MR) is 80.7 cm³/mol. The summed E-state index contributed by atoms with van der Waals surface area (Å²) in [4.78, 5) is 36.6. The topological polar surface area (TPSA) is 86.7 Å². The molecule has 2 amide bonds. The van der Waals surface area contributed by atoms with Gasteiger partial charge < -0.3 is 10.4 Å². The van der Waals surface area contributed by atoms with Crippen molar-refractivity contribution in [1.29, 1.82) is 0 Å². The van der Waals surface area contributed by atoms with Crippen LogP contribution in [0, 0.1) is 5.92 Å². The van der Waals surface area contributed by atoms with Gasteiger partial charge in [0.1, 0.15) is 6.04 Å². The van der Waals surface area contributed by atoms with Crippen LogP contribution < -0.4 is 5.32 Å². The zero-order valence-corrected chi connectivity index (χ0v) is 12.7. The Morgan fingerprint density at radius 1 is 1.18 bits per heavy atom. The molecular formula is C16H20N2O4. The Morgan fingerprint density at radius 2 is 1.73 bits per heavy atom. The van der Waals surface area contributed by atoms with Gasteiger partial charge in [0.05, 0.1) is 11.1 Å². The summed E-state index contributed by atoms with van der Waals surface area (Å²) in [6, 6.07) is 6.02. The number of carboxylic acids is 1. The maximum absolute atomic E-state index is 12.2. The Labute approximate surface area is 129 Å². The fourth-order valence-electron chi connectivity index (χ4n) is 2.54. The Morgan fingerprint density at radius 3 is 2.18 bits per heavy atom. The van der Waals surface area contributed by atoms with Crippen LogP contribution in [0.4, 0.5) is 0 Å². The molecule has 0 fully saturated rings. The monoisotopic (exact) mass is 304 g/mol. The first-order valence-corrected chi connectivity index (χ1v) is 7.33. The van der Waals surface area contributed by atoms with Gasteiger partial charge in [-0.3, -0.25) is 19.3 Å². The SMILES string of the molecule is CC(C)CC(NCCN1C(=O)c2ccccc2C1=O)C(=O)O. The number of benzene rings is 1. The predicted octanol–water partition coefficient (Wildman–Crippen LogP) is 1.37. The zero-order chi connectivity index (χ0) is 16.3. The smallest absolute Gasteiger partial charge is 0.320 e. The second-order valence-electron chi connectivity index (χ2n) is 5.78. The molecule has 0 saturated carbocycles. The minimum Gasteiger partial charge on any atom is -0.480 e. The van der Waals surface area contributed by atoms with Gasteiger partial charge in [0.15, 0.2) is 0 Å². The first kappa shape index (κ1) is 16.2. The average molecular weight is 304 g/mol. The van der Waals surface area contributed by atoms with Gasteiger partial charge in [-0.2, -0.15) is 0 Å². The van der Waals surface area contributed by atoms with Gasteiger partial charge in [0, 0.05) is 13.1 Å². The third-order valence-corrected chi connectivity index (χ3v) is 3.61. The molecule has 1 aliphatic rings. The normalized spacial score (nSPS) is 15.3. The van der Waals surface area contributed by atoms with Crippen molar-refractivity contribution < 1.29 is 19.5 Å². The fraction of sp³-hybridized carbons (Fsp3) is 0.438. The Balaban J connectivity index is 1.94. The van der Waals surface area contributed by atoms with Crippen LogP contribution in [0.5, 0.6) is 0 Å². The van der Waals surface area contributed by atoms with Gasteiger partial charge in [0.2, 0.25) is 0 Å². The lowest BCUT2D eigenvalue weighted by Crippen LogP contribution is -2.43. The number of hydrogen-bond acceptors (Lipinski definition) is 4. The number of amides is 2. The first-order chi connectivity index (χ1) is 10.4. The molecule has 0 aromatic heterocycles. The molecule has 118 valence electrons. The Kier molecular flexibility index (Phi) is 4.92. The molecule has 0 saturated heterocycles. The van der Waals surface area contributed by atoms with Crippen LogP contribution in [0.15, 0.2) is 24.3 Å². The molecule has 0 spiro atoms. The molecule has 1 atom stereocenters. The second-order valence-corrected chi connectivity index (χ2v) is 5.78. The van der Waals surface area contributed by atoms with Gasteiger partial charge in [-0.1, -0.05) is 26.0 Å². The highest BCUT2D eigenvalue weighted by Crippen LogP contribution is 2.21. The summed E-state index contributed by atoms with van der Waals surface area (Å²) >= 11 is 0. The summed E-state index contributed by atoms with van der Waals surface area (Å²) in [5.41, 5.74) is 0.814. The Hall–Kier alpha value is -2.21. The lowest BCUT2D eigenvalue weighted by atomic mass is 10.0. The first-order valence-electron chi connectivity index (χ1n) is 7.33. The van der Waals surface area contributed by atoms with Crippen molar-refractivity contribution in [2.24, 2.45) is 5.92 Å². The lowest BCUT2D eigenvalue weighted by molar-refractivity contribution is -0.139. The van der Waals surface area contributed by atoms with Crippen LogP contribution >= 0.6 is 0 Å². The third kappa shape index (κ3) is 3.33. The van der Waals surface area contributed by atoms with E-state index < -0.39 is 12.0 Å². The van der Waals surface area contributed by atoms with E-state index in [1.807, 2.05) is 13.8 Å². The van der Waals surface area contributed by atoms with Gasteiger partial charge in [-0.15, -0.1) is 0 Å². The molecule has 2 N–H and O–H groups in total. The molecule has 1 heterocycles. The quantitative estimate of drug-likeness (QED) is 0.743. The average Bonchev–Trinajstić information content (AvgIpc) is 2.71. The molecule has 0 radical (unpaired) electrons. The zero-order valence-electron chi connectivity index (χ0n) is 12.7. The highest BCUT2D eigenvalue weighted by atomic mass is 16.4. The van der Waals surface area contributed by atoms with Crippen LogP contribution in [0.2, 0.25) is 0 Å². The number of nitrogens with zero attached hydrogens (tertiary/aromatic N) is 1. The number of hydrogen-bond donors (Lipinski definition) is 2. The number of carbonyl (C=O) groups excluding carboxylic acids is 2. The van der Waals surface area contributed by atoms with Crippen molar-refractivity contribution in [1.82, 2.24) is 10.2 Å². The minimum absolute atomic E-state index is 0.161. The largest absolute Gasteiger partial charge is 0.480 e. The fourth-order valence-corrected chi connectivity index (χ4v) is 2.54. The maximum atomic E-state index is 12.2. The summed E-state index contributed by atoms with van der Waals surface area (Å²) in [5, 5.41) is 12.0. The minimum atomic E-state index is -0.920. The van der Waals surface area contributed by atoms with Crippen molar-refractivity contribution in [3.8, 4) is 0 Å².